The van der Waals surface area contributed by atoms with Crippen LogP contribution in [0, 0.1) is 10.1 Å². The molecule has 0 bridgehead atoms. The first-order valence-electron chi connectivity index (χ1n) is 8.54. The topological polar surface area (TPSA) is 85.2 Å². The number of amides is 1. The van der Waals surface area contributed by atoms with Crippen LogP contribution in [0.15, 0.2) is 24.3 Å². The molecule has 0 aliphatic carbocycles. The van der Waals surface area contributed by atoms with Crippen LogP contribution < -0.4 is 9.64 Å². The fourth-order valence-electron chi connectivity index (χ4n) is 2.86. The maximum Gasteiger partial charge on any atom is 0.294 e. The highest BCUT2D eigenvalue weighted by Gasteiger charge is 2.20. The van der Waals surface area contributed by atoms with Gasteiger partial charge in [0.05, 0.1) is 13.7 Å². The van der Waals surface area contributed by atoms with Crippen molar-refractivity contribution in [3.05, 3.63) is 34.4 Å². The summed E-state index contributed by atoms with van der Waals surface area (Å²) in [5, 5.41) is 9.24. The predicted octanol–water partition coefficient (Wildman–Crippen LogP) is 2.11. The van der Waals surface area contributed by atoms with Crippen molar-refractivity contribution < 1.29 is 19.5 Å². The molecule has 1 heterocycles. The molecule has 1 fully saturated rings. The van der Waals surface area contributed by atoms with Gasteiger partial charge in [0, 0.05) is 38.3 Å². The zero-order valence-electron chi connectivity index (χ0n) is 14.6. The van der Waals surface area contributed by atoms with E-state index in [0.29, 0.717) is 12.8 Å². The quantitative estimate of drug-likeness (QED) is 0.385. The van der Waals surface area contributed by atoms with Crippen LogP contribution in [0.25, 0.3) is 0 Å². The van der Waals surface area contributed by atoms with Gasteiger partial charge in [0.1, 0.15) is 5.75 Å². The van der Waals surface area contributed by atoms with E-state index in [0.717, 1.165) is 50.5 Å². The monoisotopic (exact) mass is 351 g/mol. The minimum Gasteiger partial charge on any atom is -0.497 e. The van der Waals surface area contributed by atoms with Gasteiger partial charge in [0.25, 0.3) is 5.09 Å². The average Bonchev–Trinajstić information content (AvgIpc) is 2.64. The highest BCUT2D eigenvalue weighted by atomic mass is 16.9. The first kappa shape index (κ1) is 18.8. The molecule has 8 nitrogen and oxygen atoms in total. The SMILES string of the molecule is COc1ccc(N2CCN(C(=O)CCCCCO[N+](=O)[O-])CC2)cc1. The highest BCUT2D eigenvalue weighted by molar-refractivity contribution is 5.76. The summed E-state index contributed by atoms with van der Waals surface area (Å²) in [6.07, 6.45) is 2.57. The minimum absolute atomic E-state index is 0.0989. The predicted molar refractivity (Wildman–Crippen MR) is 93.2 cm³/mol. The molecule has 25 heavy (non-hydrogen) atoms. The van der Waals surface area contributed by atoms with Gasteiger partial charge in [-0.3, -0.25) is 4.79 Å². The summed E-state index contributed by atoms with van der Waals surface area (Å²) in [7, 11) is 1.65. The molecule has 1 aromatic carbocycles. The molecule has 1 amide bonds. The van der Waals surface area contributed by atoms with Crippen molar-refractivity contribution in [3.8, 4) is 5.75 Å². The third-order valence-electron chi connectivity index (χ3n) is 4.30. The second kappa shape index (κ2) is 9.71. The summed E-state index contributed by atoms with van der Waals surface area (Å²) in [5.74, 6) is 0.991. The summed E-state index contributed by atoms with van der Waals surface area (Å²) in [5.41, 5.74) is 1.14. The second-order valence-electron chi connectivity index (χ2n) is 5.93. The molecule has 8 heteroatoms. The molecule has 138 valence electrons. The lowest BCUT2D eigenvalue weighted by molar-refractivity contribution is -0.757. The summed E-state index contributed by atoms with van der Waals surface area (Å²) >= 11 is 0. The molecule has 0 atom stereocenters. The number of unbranched alkanes of at least 4 members (excludes halogenated alkanes) is 2. The van der Waals surface area contributed by atoms with Crippen LogP contribution in [0.3, 0.4) is 0 Å². The molecule has 1 saturated heterocycles. The van der Waals surface area contributed by atoms with Gasteiger partial charge >= 0.3 is 0 Å². The van der Waals surface area contributed by atoms with Gasteiger partial charge in [-0.2, -0.15) is 0 Å². The molecule has 0 radical (unpaired) electrons. The molecule has 0 saturated carbocycles. The summed E-state index contributed by atoms with van der Waals surface area (Å²) in [4.78, 5) is 30.6. The van der Waals surface area contributed by atoms with Crippen molar-refractivity contribution in [1.29, 1.82) is 0 Å². The Balaban J connectivity index is 1.65. The van der Waals surface area contributed by atoms with Gasteiger partial charge in [-0.25, -0.2) is 0 Å². The number of carbonyl (C=O) groups excluding carboxylic acids is 1. The molecular formula is C17H25N3O5. The fraction of sp³-hybridized carbons (Fsp3) is 0.588. The van der Waals surface area contributed by atoms with Crippen LogP contribution in [0.4, 0.5) is 5.69 Å². The van der Waals surface area contributed by atoms with Crippen LogP contribution in [0.5, 0.6) is 5.75 Å². The lowest BCUT2D eigenvalue weighted by Gasteiger charge is -2.36. The van der Waals surface area contributed by atoms with Gasteiger partial charge in [-0.15, -0.1) is 10.1 Å². The van der Waals surface area contributed by atoms with Crippen molar-refractivity contribution in [2.24, 2.45) is 0 Å². The Morgan fingerprint density at radius 2 is 1.80 bits per heavy atom. The molecule has 1 aliphatic rings. The van der Waals surface area contributed by atoms with Crippen LogP contribution in [0.2, 0.25) is 0 Å². The Bertz CT molecular complexity index is 556. The van der Waals surface area contributed by atoms with Gasteiger partial charge in [0.2, 0.25) is 5.91 Å². The maximum atomic E-state index is 12.2. The number of rotatable bonds is 9. The first-order valence-corrected chi connectivity index (χ1v) is 8.54. The smallest absolute Gasteiger partial charge is 0.294 e. The first-order chi connectivity index (χ1) is 12.1. The van der Waals surface area contributed by atoms with Crippen molar-refractivity contribution in [1.82, 2.24) is 4.90 Å². The van der Waals surface area contributed by atoms with E-state index in [9.17, 15) is 14.9 Å². The van der Waals surface area contributed by atoms with E-state index in [1.54, 1.807) is 7.11 Å². The van der Waals surface area contributed by atoms with Crippen molar-refractivity contribution >= 4 is 11.6 Å². The number of hydrogen-bond acceptors (Lipinski definition) is 6. The van der Waals surface area contributed by atoms with E-state index in [1.807, 2.05) is 29.2 Å². The molecule has 2 rings (SSSR count). The van der Waals surface area contributed by atoms with E-state index in [2.05, 4.69) is 9.74 Å². The third-order valence-corrected chi connectivity index (χ3v) is 4.30. The zero-order chi connectivity index (χ0) is 18.1. The Morgan fingerprint density at radius 1 is 1.12 bits per heavy atom. The largest absolute Gasteiger partial charge is 0.497 e. The van der Waals surface area contributed by atoms with Crippen LogP contribution >= 0.6 is 0 Å². The normalized spacial score (nSPS) is 14.3. The molecule has 1 aromatic rings. The third kappa shape index (κ3) is 6.13. The second-order valence-corrected chi connectivity index (χ2v) is 5.93. The minimum atomic E-state index is -0.784. The van der Waals surface area contributed by atoms with Gasteiger partial charge < -0.3 is 19.4 Å². The molecule has 0 spiro atoms. The zero-order valence-corrected chi connectivity index (χ0v) is 14.6. The lowest BCUT2D eigenvalue weighted by atomic mass is 10.1. The van der Waals surface area contributed by atoms with E-state index in [-0.39, 0.29) is 12.5 Å². The van der Waals surface area contributed by atoms with Gasteiger partial charge in [-0.05, 0) is 37.1 Å². The molecule has 0 aromatic heterocycles. The number of carbonyl (C=O) groups is 1. The number of methoxy groups -OCH3 is 1. The van der Waals surface area contributed by atoms with E-state index in [4.69, 9.17) is 4.74 Å². The molecular weight excluding hydrogens is 326 g/mol. The summed E-state index contributed by atoms with van der Waals surface area (Å²) < 4.78 is 5.17. The molecule has 1 aliphatic heterocycles. The van der Waals surface area contributed by atoms with E-state index in [1.165, 1.54) is 0 Å². The number of ether oxygens (including phenoxy) is 1. The summed E-state index contributed by atoms with van der Waals surface area (Å²) in [6.45, 7) is 3.16. The number of piperazine rings is 1. The standard InChI is InChI=1S/C17H25N3O5/c1-24-16-8-6-15(7-9-16)18-10-12-19(13-11-18)17(21)5-3-2-4-14-25-20(22)23/h6-9H,2-5,10-14H2,1H3. The maximum absolute atomic E-state index is 12.2. The lowest BCUT2D eigenvalue weighted by Crippen LogP contribution is -2.48. The van der Waals surface area contributed by atoms with Gasteiger partial charge in [0.15, 0.2) is 0 Å². The Hall–Kier alpha value is -2.51. The van der Waals surface area contributed by atoms with Crippen LogP contribution in [-0.2, 0) is 9.63 Å². The number of benzene rings is 1. The van der Waals surface area contributed by atoms with E-state index < -0.39 is 5.09 Å². The van der Waals surface area contributed by atoms with Crippen molar-refractivity contribution in [2.45, 2.75) is 25.7 Å². The number of anilines is 1. The van der Waals surface area contributed by atoms with Crippen LogP contribution in [0.1, 0.15) is 25.7 Å². The van der Waals surface area contributed by atoms with Crippen molar-refractivity contribution in [2.75, 3.05) is 44.8 Å². The van der Waals surface area contributed by atoms with Gasteiger partial charge in [-0.1, -0.05) is 6.42 Å². The number of nitrogens with zero attached hydrogens (tertiary/aromatic N) is 3. The Kier molecular flexibility index (Phi) is 7.31. The average molecular weight is 351 g/mol. The highest BCUT2D eigenvalue weighted by Crippen LogP contribution is 2.20. The van der Waals surface area contributed by atoms with E-state index >= 15 is 0 Å². The Morgan fingerprint density at radius 3 is 2.40 bits per heavy atom. The number of hydrogen-bond donors (Lipinski definition) is 0. The van der Waals surface area contributed by atoms with Crippen LogP contribution in [-0.4, -0.2) is 55.8 Å². The van der Waals surface area contributed by atoms with Crippen molar-refractivity contribution in [3.63, 3.8) is 0 Å². The summed E-state index contributed by atoms with van der Waals surface area (Å²) in [6, 6.07) is 7.94. The molecule has 0 unspecified atom stereocenters. The Labute approximate surface area is 147 Å². The fourth-order valence-corrected chi connectivity index (χ4v) is 2.86. The molecule has 0 N–H and O–H groups in total.